The Bertz CT molecular complexity index is 1430. The van der Waals surface area contributed by atoms with Crippen LogP contribution in [0.5, 0.6) is 0 Å². The van der Waals surface area contributed by atoms with Crippen LogP contribution >= 0.6 is 0 Å². The molecule has 6 rings (SSSR count). The van der Waals surface area contributed by atoms with Crippen molar-refractivity contribution in [3.63, 3.8) is 0 Å². The van der Waals surface area contributed by atoms with Crippen molar-refractivity contribution in [3.8, 4) is 0 Å². The van der Waals surface area contributed by atoms with Crippen molar-refractivity contribution < 1.29 is 24.0 Å². The first-order valence-electron chi connectivity index (χ1n) is 17.8. The van der Waals surface area contributed by atoms with E-state index in [0.29, 0.717) is 12.5 Å². The van der Waals surface area contributed by atoms with Crippen molar-refractivity contribution in [1.82, 2.24) is 5.06 Å². The topological polar surface area (TPSA) is 72.9 Å². The van der Waals surface area contributed by atoms with E-state index in [0.717, 1.165) is 63.4 Å². The molecule has 0 heterocycles. The van der Waals surface area contributed by atoms with Crippen LogP contribution in [-0.2, 0) is 30.6 Å². The van der Waals surface area contributed by atoms with E-state index in [-0.39, 0.29) is 62.7 Å². The minimum Gasteiger partial charge on any atom is -0.462 e. The molecule has 0 saturated heterocycles. The van der Waals surface area contributed by atoms with E-state index < -0.39 is 5.41 Å². The van der Waals surface area contributed by atoms with Crippen molar-refractivity contribution in [3.05, 3.63) is 47.5 Å². The van der Waals surface area contributed by atoms with E-state index in [1.807, 2.05) is 30.3 Å². The lowest BCUT2D eigenvalue weighted by atomic mass is 9.33. The van der Waals surface area contributed by atoms with Crippen LogP contribution in [0.2, 0.25) is 0 Å². The number of hydrogen-bond acceptors (Lipinski definition) is 5. The third-order valence-electron chi connectivity index (χ3n) is 14.9. The average Bonchev–Trinajstić information content (AvgIpc) is 2.99. The van der Waals surface area contributed by atoms with Gasteiger partial charge in [-0.3, -0.25) is 19.2 Å². The molecule has 0 aliphatic heterocycles. The zero-order valence-electron chi connectivity index (χ0n) is 29.8. The number of carbonyl (C=O) groups is 3. The number of ketones is 1. The Hall–Kier alpha value is -2.47. The number of hydrogen-bond donors (Lipinski definition) is 0. The number of nitrogens with zero attached hydrogens (tertiary/aromatic N) is 1. The maximum Gasteiger partial charge on any atom is 0.302 e. The Morgan fingerprint density at radius 1 is 0.891 bits per heavy atom. The lowest BCUT2D eigenvalue weighted by molar-refractivity contribution is -0.211. The molecule has 0 radical (unpaired) electrons. The molecule has 6 heteroatoms. The average molecular weight is 632 g/mol. The highest BCUT2D eigenvalue weighted by molar-refractivity contribution is 5.95. The standard InChI is InChI=1S/C40H57NO5/c1-26(42)46-32-16-17-38(6)31(35(32,2)3)15-18-40(8)33(38)30(43)23-28-29-24-37(5,20-19-36(29,4)21-22-39(28,40)7)34(44)41(9)45-25-27-13-11-10-12-14-27/h10-14,23,29,31-33H,15-22,24-25H2,1-9H3/t29-,31?,32-,33+,36+,37-,38-,39+,40+/m0/s1. The number of fused-ring (bicyclic) bond motifs is 7. The molecule has 1 amide bonds. The molecule has 9 atom stereocenters. The predicted octanol–water partition coefficient (Wildman–Crippen LogP) is 8.49. The fraction of sp³-hybridized carbons (Fsp3) is 0.725. The number of rotatable bonds is 5. The monoisotopic (exact) mass is 631 g/mol. The fourth-order valence-corrected chi connectivity index (χ4v) is 11.9. The summed E-state index contributed by atoms with van der Waals surface area (Å²) in [6.07, 6.45) is 10.4. The van der Waals surface area contributed by atoms with Gasteiger partial charge >= 0.3 is 5.97 Å². The highest BCUT2D eigenvalue weighted by atomic mass is 16.7. The highest BCUT2D eigenvalue weighted by Crippen LogP contribution is 2.75. The lowest BCUT2D eigenvalue weighted by Crippen LogP contribution is -2.66. The van der Waals surface area contributed by atoms with E-state index in [4.69, 9.17) is 9.57 Å². The van der Waals surface area contributed by atoms with Gasteiger partial charge in [-0.25, -0.2) is 5.06 Å². The van der Waals surface area contributed by atoms with E-state index in [1.54, 1.807) is 7.05 Å². The third-order valence-corrected chi connectivity index (χ3v) is 14.9. The number of ether oxygens (including phenoxy) is 1. The summed E-state index contributed by atoms with van der Waals surface area (Å²) in [5.41, 5.74) is 1.22. The largest absolute Gasteiger partial charge is 0.462 e. The van der Waals surface area contributed by atoms with Crippen LogP contribution in [0.4, 0.5) is 0 Å². The molecule has 0 spiro atoms. The van der Waals surface area contributed by atoms with Gasteiger partial charge in [0, 0.05) is 30.7 Å². The number of hydroxylamine groups is 2. The lowest BCUT2D eigenvalue weighted by Gasteiger charge is -2.70. The molecule has 4 fully saturated rings. The number of benzene rings is 1. The van der Waals surface area contributed by atoms with Gasteiger partial charge in [0.2, 0.25) is 0 Å². The van der Waals surface area contributed by atoms with E-state index >= 15 is 0 Å². The second-order valence-corrected chi connectivity index (χ2v) is 17.8. The van der Waals surface area contributed by atoms with Gasteiger partial charge in [0.15, 0.2) is 5.78 Å². The van der Waals surface area contributed by atoms with E-state index in [2.05, 4.69) is 54.5 Å². The van der Waals surface area contributed by atoms with E-state index in [9.17, 15) is 14.4 Å². The Balaban J connectivity index is 1.30. The molecule has 4 saturated carbocycles. The maximum absolute atomic E-state index is 14.7. The summed E-state index contributed by atoms with van der Waals surface area (Å²) in [5, 5.41) is 1.46. The fourth-order valence-electron chi connectivity index (χ4n) is 11.9. The van der Waals surface area contributed by atoms with E-state index in [1.165, 1.54) is 17.6 Å². The second kappa shape index (κ2) is 11.0. The highest BCUT2D eigenvalue weighted by Gasteiger charge is 2.70. The molecule has 0 N–H and O–H groups in total. The molecular weight excluding hydrogens is 574 g/mol. The molecule has 1 aromatic carbocycles. The van der Waals surface area contributed by atoms with Gasteiger partial charge in [-0.15, -0.1) is 0 Å². The summed E-state index contributed by atoms with van der Waals surface area (Å²) in [5.74, 6) is 0.519. The zero-order valence-corrected chi connectivity index (χ0v) is 29.8. The maximum atomic E-state index is 14.7. The molecule has 0 bridgehead atoms. The predicted molar refractivity (Wildman–Crippen MR) is 179 cm³/mol. The molecule has 6 nitrogen and oxygen atoms in total. The first-order valence-corrected chi connectivity index (χ1v) is 17.8. The van der Waals surface area contributed by atoms with Crippen LogP contribution < -0.4 is 0 Å². The minimum absolute atomic E-state index is 0.0318. The first kappa shape index (κ1) is 33.4. The van der Waals surface area contributed by atoms with Crippen molar-refractivity contribution in [2.24, 2.45) is 50.2 Å². The first-order chi connectivity index (χ1) is 21.4. The van der Waals surface area contributed by atoms with Gasteiger partial charge < -0.3 is 4.74 Å². The van der Waals surface area contributed by atoms with Crippen molar-refractivity contribution >= 4 is 17.7 Å². The second-order valence-electron chi connectivity index (χ2n) is 17.8. The van der Waals surface area contributed by atoms with Gasteiger partial charge in [-0.2, -0.15) is 0 Å². The number of amides is 1. The molecule has 1 unspecified atom stereocenters. The van der Waals surface area contributed by atoms with Gasteiger partial charge in [0.05, 0.1) is 0 Å². The Morgan fingerprint density at radius 3 is 2.24 bits per heavy atom. The van der Waals surface area contributed by atoms with Crippen LogP contribution in [0.1, 0.15) is 119 Å². The molecule has 5 aliphatic carbocycles. The smallest absolute Gasteiger partial charge is 0.302 e. The van der Waals surface area contributed by atoms with Crippen LogP contribution in [0.25, 0.3) is 0 Å². The number of allylic oxidation sites excluding steroid dienone is 2. The Kier molecular flexibility index (Phi) is 8.02. The van der Waals surface area contributed by atoms with Crippen LogP contribution in [0, 0.1) is 50.2 Å². The summed E-state index contributed by atoms with van der Waals surface area (Å²) in [7, 11) is 1.75. The minimum atomic E-state index is -0.557. The van der Waals surface area contributed by atoms with Crippen LogP contribution in [0.3, 0.4) is 0 Å². The number of esters is 1. The van der Waals surface area contributed by atoms with Gasteiger partial charge in [0.25, 0.3) is 5.91 Å². The van der Waals surface area contributed by atoms with Crippen molar-refractivity contribution in [2.75, 3.05) is 7.05 Å². The summed E-state index contributed by atoms with van der Waals surface area (Å²) in [4.78, 5) is 46.8. The molecule has 1 aromatic rings. The molecule has 0 aromatic heterocycles. The Morgan fingerprint density at radius 2 is 1.57 bits per heavy atom. The van der Waals surface area contributed by atoms with Crippen LogP contribution in [0.15, 0.2) is 42.0 Å². The molecule has 46 heavy (non-hydrogen) atoms. The molecule has 5 aliphatic rings. The summed E-state index contributed by atoms with van der Waals surface area (Å²) >= 11 is 0. The Labute approximate surface area is 277 Å². The third kappa shape index (κ3) is 4.86. The van der Waals surface area contributed by atoms with Gasteiger partial charge in [-0.1, -0.05) is 84.4 Å². The number of carbonyl (C=O) groups excluding carboxylic acids is 3. The van der Waals surface area contributed by atoms with Gasteiger partial charge in [-0.05, 0) is 103 Å². The zero-order chi connectivity index (χ0) is 33.5. The molecule has 252 valence electrons. The van der Waals surface area contributed by atoms with Gasteiger partial charge in [0.1, 0.15) is 12.7 Å². The quantitative estimate of drug-likeness (QED) is 0.241. The normalized spacial score (nSPS) is 42.8. The molecular formula is C40H57NO5. The van der Waals surface area contributed by atoms with Crippen LogP contribution in [-0.4, -0.2) is 35.9 Å². The summed E-state index contributed by atoms with van der Waals surface area (Å²) in [6, 6.07) is 9.96. The van der Waals surface area contributed by atoms with Crippen molar-refractivity contribution in [1.29, 1.82) is 0 Å². The summed E-state index contributed by atoms with van der Waals surface area (Å²) < 4.78 is 5.88. The summed E-state index contributed by atoms with van der Waals surface area (Å²) in [6.45, 7) is 18.2. The van der Waals surface area contributed by atoms with Crippen molar-refractivity contribution in [2.45, 2.75) is 126 Å². The SMILES string of the molecule is CC(=O)O[C@H]1CC[C@@]2(C)C(CC[C@]3(C)[C@@H]2C(=O)C=C2[C@@H]4C[C@@](C)(C(=O)N(C)OCc5ccccc5)CC[C@]4(C)CC[C@]23C)C1(C)C.